The van der Waals surface area contributed by atoms with Crippen LogP contribution in [0.5, 0.6) is 0 Å². The maximum absolute atomic E-state index is 12.7. The van der Waals surface area contributed by atoms with Crippen LogP contribution in [0.1, 0.15) is 20.3 Å². The molecule has 1 aromatic carbocycles. The van der Waals surface area contributed by atoms with Gasteiger partial charge in [-0.05, 0) is 31.2 Å². The molecule has 110 valence electrons. The molecular weight excluding hydrogens is 281 g/mol. The third kappa shape index (κ3) is 6.06. The molecule has 0 aliphatic rings. The molecule has 2 N–H and O–H groups in total. The van der Waals surface area contributed by atoms with Gasteiger partial charge in [-0.1, -0.05) is 6.92 Å². The lowest BCUT2D eigenvalue weighted by Crippen LogP contribution is -2.38. The van der Waals surface area contributed by atoms with Gasteiger partial charge in [0, 0.05) is 22.6 Å². The van der Waals surface area contributed by atoms with Crippen molar-refractivity contribution in [2.24, 2.45) is 5.92 Å². The fourth-order valence-electron chi connectivity index (χ4n) is 1.53. The van der Waals surface area contributed by atoms with Crippen LogP contribution in [0.25, 0.3) is 0 Å². The van der Waals surface area contributed by atoms with Gasteiger partial charge in [-0.25, -0.2) is 4.39 Å². The third-order valence-corrected chi connectivity index (χ3v) is 3.90. The van der Waals surface area contributed by atoms with E-state index >= 15 is 0 Å². The van der Waals surface area contributed by atoms with Crippen molar-refractivity contribution >= 4 is 23.6 Å². The van der Waals surface area contributed by atoms with Crippen LogP contribution in [0, 0.1) is 11.7 Å². The number of thioether (sulfide) groups is 1. The third-order valence-electron chi connectivity index (χ3n) is 2.63. The molecule has 0 saturated heterocycles. The zero-order chi connectivity index (χ0) is 15.1. The monoisotopic (exact) mass is 299 g/mol. The van der Waals surface area contributed by atoms with Crippen LogP contribution in [0.2, 0.25) is 0 Å². The van der Waals surface area contributed by atoms with Gasteiger partial charge in [0.05, 0.1) is 6.42 Å². The zero-order valence-electron chi connectivity index (χ0n) is 11.4. The summed E-state index contributed by atoms with van der Waals surface area (Å²) in [6.45, 7) is 3.44. The summed E-state index contributed by atoms with van der Waals surface area (Å²) in [5.74, 6) is -1.10. The van der Waals surface area contributed by atoms with Gasteiger partial charge in [-0.3, -0.25) is 9.59 Å². The standard InChI is InChI=1S/C14H18FNO3S/c1-9(14(19)16-10(2)7-13(17)18)8-20-12-5-3-11(15)4-6-12/h3-6,9-10H,7-8H2,1-2H3,(H,16,19)(H,17,18). The fourth-order valence-corrected chi connectivity index (χ4v) is 2.45. The molecule has 0 heterocycles. The Morgan fingerprint density at radius 3 is 2.45 bits per heavy atom. The number of benzene rings is 1. The van der Waals surface area contributed by atoms with E-state index in [1.807, 2.05) is 0 Å². The lowest BCUT2D eigenvalue weighted by Gasteiger charge is -2.16. The average Bonchev–Trinajstić information content (AvgIpc) is 2.36. The van der Waals surface area contributed by atoms with Crippen LogP contribution in [-0.4, -0.2) is 28.8 Å². The highest BCUT2D eigenvalue weighted by Gasteiger charge is 2.17. The highest BCUT2D eigenvalue weighted by Crippen LogP contribution is 2.21. The molecule has 1 aromatic rings. The first-order valence-electron chi connectivity index (χ1n) is 6.29. The van der Waals surface area contributed by atoms with Crippen molar-refractivity contribution in [2.45, 2.75) is 31.2 Å². The number of amides is 1. The Bertz CT molecular complexity index is 464. The van der Waals surface area contributed by atoms with Crippen molar-refractivity contribution in [3.05, 3.63) is 30.1 Å². The second kappa shape index (κ2) is 7.89. The van der Waals surface area contributed by atoms with Gasteiger partial charge >= 0.3 is 5.97 Å². The molecule has 4 nitrogen and oxygen atoms in total. The van der Waals surface area contributed by atoms with E-state index in [0.29, 0.717) is 5.75 Å². The summed E-state index contributed by atoms with van der Waals surface area (Å²) in [5, 5.41) is 11.3. The Morgan fingerprint density at radius 1 is 1.30 bits per heavy atom. The van der Waals surface area contributed by atoms with Crippen molar-refractivity contribution in [2.75, 3.05) is 5.75 Å². The summed E-state index contributed by atoms with van der Waals surface area (Å²) in [7, 11) is 0. The lowest BCUT2D eigenvalue weighted by atomic mass is 10.1. The predicted molar refractivity (Wildman–Crippen MR) is 76.1 cm³/mol. The second-order valence-corrected chi connectivity index (χ2v) is 5.77. The molecule has 0 radical (unpaired) electrons. The van der Waals surface area contributed by atoms with Gasteiger partial charge in [0.25, 0.3) is 0 Å². The molecule has 1 amide bonds. The molecule has 2 unspecified atom stereocenters. The molecule has 0 bridgehead atoms. The summed E-state index contributed by atoms with van der Waals surface area (Å²) >= 11 is 1.46. The van der Waals surface area contributed by atoms with E-state index in [9.17, 15) is 14.0 Å². The van der Waals surface area contributed by atoms with Gasteiger partial charge < -0.3 is 10.4 Å². The topological polar surface area (TPSA) is 66.4 Å². The largest absolute Gasteiger partial charge is 0.481 e. The van der Waals surface area contributed by atoms with Gasteiger partial charge in [-0.15, -0.1) is 11.8 Å². The quantitative estimate of drug-likeness (QED) is 0.759. The summed E-state index contributed by atoms with van der Waals surface area (Å²) in [4.78, 5) is 23.2. The molecule has 0 spiro atoms. The number of halogens is 1. The van der Waals surface area contributed by atoms with Crippen molar-refractivity contribution < 1.29 is 19.1 Å². The lowest BCUT2D eigenvalue weighted by molar-refractivity contribution is -0.137. The first kappa shape index (κ1) is 16.5. The first-order chi connectivity index (χ1) is 9.38. The van der Waals surface area contributed by atoms with Crippen LogP contribution >= 0.6 is 11.8 Å². The number of nitrogens with one attached hydrogen (secondary N) is 1. The minimum absolute atomic E-state index is 0.0937. The molecular formula is C14H18FNO3S. The van der Waals surface area contributed by atoms with E-state index in [2.05, 4.69) is 5.32 Å². The normalized spacial score (nSPS) is 13.6. The molecule has 0 aromatic heterocycles. The van der Waals surface area contributed by atoms with Crippen molar-refractivity contribution in [3.8, 4) is 0 Å². The van der Waals surface area contributed by atoms with E-state index in [1.165, 1.54) is 23.9 Å². The zero-order valence-corrected chi connectivity index (χ0v) is 12.2. The van der Waals surface area contributed by atoms with Crippen molar-refractivity contribution in [3.63, 3.8) is 0 Å². The van der Waals surface area contributed by atoms with E-state index in [0.717, 1.165) is 4.90 Å². The molecule has 1 rings (SSSR count). The number of rotatable bonds is 7. The van der Waals surface area contributed by atoms with Crippen LogP contribution in [0.3, 0.4) is 0 Å². The van der Waals surface area contributed by atoms with Crippen LogP contribution in [0.15, 0.2) is 29.2 Å². The fraction of sp³-hybridized carbons (Fsp3) is 0.429. The number of carboxylic acid groups (broad SMARTS) is 1. The van der Waals surface area contributed by atoms with Crippen LogP contribution < -0.4 is 5.32 Å². The Morgan fingerprint density at radius 2 is 1.90 bits per heavy atom. The number of carbonyl (C=O) groups is 2. The summed E-state index contributed by atoms with van der Waals surface area (Å²) in [6, 6.07) is 5.69. The molecule has 0 aliphatic carbocycles. The maximum atomic E-state index is 12.7. The Labute approximate surface area is 121 Å². The summed E-state index contributed by atoms with van der Waals surface area (Å²) in [6.07, 6.45) is -0.0937. The number of hydrogen-bond acceptors (Lipinski definition) is 3. The Balaban J connectivity index is 2.38. The van der Waals surface area contributed by atoms with Gasteiger partial charge in [0.1, 0.15) is 5.82 Å². The smallest absolute Gasteiger partial charge is 0.305 e. The number of hydrogen-bond donors (Lipinski definition) is 2. The molecule has 0 aliphatic heterocycles. The maximum Gasteiger partial charge on any atom is 0.305 e. The Hall–Kier alpha value is -1.56. The molecule has 20 heavy (non-hydrogen) atoms. The SMILES string of the molecule is CC(CC(=O)O)NC(=O)C(C)CSc1ccc(F)cc1. The van der Waals surface area contributed by atoms with E-state index in [-0.39, 0.29) is 24.1 Å². The van der Waals surface area contributed by atoms with Crippen LogP contribution in [0.4, 0.5) is 4.39 Å². The predicted octanol–water partition coefficient (Wildman–Crippen LogP) is 2.53. The summed E-state index contributed by atoms with van der Waals surface area (Å²) < 4.78 is 12.7. The first-order valence-corrected chi connectivity index (χ1v) is 7.27. The van der Waals surface area contributed by atoms with Gasteiger partial charge in [0.2, 0.25) is 5.91 Å². The van der Waals surface area contributed by atoms with E-state index < -0.39 is 12.0 Å². The number of carbonyl (C=O) groups excluding carboxylic acids is 1. The molecule has 2 atom stereocenters. The second-order valence-electron chi connectivity index (χ2n) is 4.67. The number of carboxylic acids is 1. The Kier molecular flexibility index (Phi) is 6.51. The summed E-state index contributed by atoms with van der Waals surface area (Å²) in [5.41, 5.74) is 0. The average molecular weight is 299 g/mol. The van der Waals surface area contributed by atoms with Gasteiger partial charge in [0.15, 0.2) is 0 Å². The van der Waals surface area contributed by atoms with E-state index in [1.54, 1.807) is 26.0 Å². The highest BCUT2D eigenvalue weighted by atomic mass is 32.2. The number of aliphatic carboxylic acids is 1. The molecule has 6 heteroatoms. The minimum atomic E-state index is -0.939. The van der Waals surface area contributed by atoms with Crippen molar-refractivity contribution in [1.29, 1.82) is 0 Å². The van der Waals surface area contributed by atoms with E-state index in [4.69, 9.17) is 5.11 Å². The van der Waals surface area contributed by atoms with Crippen molar-refractivity contribution in [1.82, 2.24) is 5.32 Å². The molecule has 0 fully saturated rings. The van der Waals surface area contributed by atoms with Gasteiger partial charge in [-0.2, -0.15) is 0 Å². The van der Waals surface area contributed by atoms with Crippen LogP contribution in [-0.2, 0) is 9.59 Å². The highest BCUT2D eigenvalue weighted by molar-refractivity contribution is 7.99. The molecule has 0 saturated carbocycles. The minimum Gasteiger partial charge on any atom is -0.481 e.